The smallest absolute Gasteiger partial charge is 0.412 e. The average Bonchev–Trinajstić information content (AvgIpc) is 2.89. The van der Waals surface area contributed by atoms with Gasteiger partial charge >= 0.3 is 6.09 Å². The minimum Gasteiger partial charge on any atom is -0.481 e. The highest BCUT2D eigenvalue weighted by atomic mass is 35.5. The molecule has 0 unspecified atom stereocenters. The zero-order valence-corrected chi connectivity index (χ0v) is 16.6. The maximum Gasteiger partial charge on any atom is 0.412 e. The van der Waals surface area contributed by atoms with Crippen LogP contribution in [0.5, 0.6) is 5.88 Å². The highest BCUT2D eigenvalue weighted by Gasteiger charge is 2.19. The van der Waals surface area contributed by atoms with Gasteiger partial charge in [-0.3, -0.25) is 5.32 Å². The Balaban J connectivity index is 2.02. The maximum atomic E-state index is 12.1. The summed E-state index contributed by atoms with van der Waals surface area (Å²) in [5.41, 5.74) is 2.41. The van der Waals surface area contributed by atoms with Crippen molar-refractivity contribution < 1.29 is 14.3 Å². The highest BCUT2D eigenvalue weighted by molar-refractivity contribution is 6.30. The third-order valence-corrected chi connectivity index (χ3v) is 4.07. The number of carbonyl (C=O) groups is 1. The van der Waals surface area contributed by atoms with Gasteiger partial charge in [-0.1, -0.05) is 11.6 Å². The first-order valence-electron chi connectivity index (χ1n) is 8.33. The molecule has 0 radical (unpaired) electrons. The first-order valence-corrected chi connectivity index (χ1v) is 8.71. The van der Waals surface area contributed by atoms with Gasteiger partial charge in [0.25, 0.3) is 0 Å². The van der Waals surface area contributed by atoms with Crippen LogP contribution < -0.4 is 10.1 Å². The predicted octanol–water partition coefficient (Wildman–Crippen LogP) is 4.64. The lowest BCUT2D eigenvalue weighted by Crippen LogP contribution is -2.27. The van der Waals surface area contributed by atoms with E-state index in [2.05, 4.69) is 15.3 Å². The summed E-state index contributed by atoms with van der Waals surface area (Å²) in [7, 11) is 3.47. The van der Waals surface area contributed by atoms with Crippen molar-refractivity contribution in [1.29, 1.82) is 0 Å². The Morgan fingerprint density at radius 3 is 2.59 bits per heavy atom. The number of halogens is 1. The summed E-state index contributed by atoms with van der Waals surface area (Å²) in [6.07, 6.45) is 2.69. The summed E-state index contributed by atoms with van der Waals surface area (Å²) in [5, 5.41) is 4.07. The number of fused-ring (bicyclic) bond motifs is 1. The van der Waals surface area contributed by atoms with Gasteiger partial charge in [0, 0.05) is 12.4 Å². The van der Waals surface area contributed by atoms with Crippen LogP contribution in [-0.4, -0.2) is 33.3 Å². The third kappa shape index (κ3) is 4.14. The lowest BCUT2D eigenvalue weighted by molar-refractivity contribution is 0.0636. The van der Waals surface area contributed by atoms with E-state index in [1.165, 1.54) is 6.20 Å². The number of ether oxygens (including phenoxy) is 2. The first kappa shape index (κ1) is 19.0. The quantitative estimate of drug-likeness (QED) is 0.661. The second kappa shape index (κ2) is 7.08. The summed E-state index contributed by atoms with van der Waals surface area (Å²) in [6.45, 7) is 5.41. The Kier molecular flexibility index (Phi) is 4.97. The summed E-state index contributed by atoms with van der Waals surface area (Å²) in [5.74, 6) is 0.440. The normalized spacial score (nSPS) is 11.5. The van der Waals surface area contributed by atoms with Gasteiger partial charge < -0.3 is 14.0 Å². The minimum absolute atomic E-state index is 0.421. The first-order chi connectivity index (χ1) is 12.7. The van der Waals surface area contributed by atoms with Gasteiger partial charge in [-0.2, -0.15) is 0 Å². The van der Waals surface area contributed by atoms with E-state index in [0.717, 1.165) is 22.2 Å². The summed E-state index contributed by atoms with van der Waals surface area (Å²) < 4.78 is 12.7. The molecule has 0 fully saturated rings. The molecule has 0 saturated carbocycles. The molecule has 3 heterocycles. The number of pyridine rings is 2. The molecule has 0 saturated heterocycles. The second-order valence-corrected chi connectivity index (χ2v) is 7.45. The largest absolute Gasteiger partial charge is 0.481 e. The van der Waals surface area contributed by atoms with Crippen molar-refractivity contribution in [3.63, 3.8) is 0 Å². The van der Waals surface area contributed by atoms with Gasteiger partial charge in [0.15, 0.2) is 0 Å². The topological polar surface area (TPSA) is 78.3 Å². The number of amides is 1. The average molecular weight is 389 g/mol. The number of carbonyl (C=O) groups excluding carboxylic acids is 1. The number of hydrogen-bond acceptors (Lipinski definition) is 5. The van der Waals surface area contributed by atoms with Gasteiger partial charge in [0.2, 0.25) is 5.88 Å². The molecule has 0 aliphatic rings. The number of nitrogens with one attached hydrogen (secondary N) is 1. The molecule has 27 heavy (non-hydrogen) atoms. The van der Waals surface area contributed by atoms with Gasteiger partial charge in [-0.05, 0) is 39.0 Å². The Labute approximate surface area is 162 Å². The van der Waals surface area contributed by atoms with Crippen molar-refractivity contribution in [3.8, 4) is 17.1 Å². The van der Waals surface area contributed by atoms with Crippen LogP contribution in [0.2, 0.25) is 5.15 Å². The molecule has 8 heteroatoms. The highest BCUT2D eigenvalue weighted by Crippen LogP contribution is 2.34. The Morgan fingerprint density at radius 2 is 1.93 bits per heavy atom. The van der Waals surface area contributed by atoms with E-state index in [1.54, 1.807) is 46.2 Å². The van der Waals surface area contributed by atoms with Crippen molar-refractivity contribution in [2.45, 2.75) is 26.4 Å². The fourth-order valence-corrected chi connectivity index (χ4v) is 2.92. The molecule has 0 aliphatic heterocycles. The number of hydrogen-bond donors (Lipinski definition) is 1. The Hall–Kier alpha value is -2.80. The molecule has 3 rings (SSSR count). The van der Waals surface area contributed by atoms with E-state index in [-0.39, 0.29) is 0 Å². The third-order valence-electron chi connectivity index (χ3n) is 3.86. The zero-order valence-electron chi connectivity index (χ0n) is 15.8. The molecule has 0 bridgehead atoms. The molecule has 0 aromatic carbocycles. The van der Waals surface area contributed by atoms with E-state index in [4.69, 9.17) is 21.1 Å². The van der Waals surface area contributed by atoms with Gasteiger partial charge in [0.1, 0.15) is 10.8 Å². The predicted molar refractivity (Wildman–Crippen MR) is 105 cm³/mol. The molecule has 1 amide bonds. The van der Waals surface area contributed by atoms with E-state index >= 15 is 0 Å². The van der Waals surface area contributed by atoms with Gasteiger partial charge in [-0.15, -0.1) is 0 Å². The monoisotopic (exact) mass is 388 g/mol. The fraction of sp³-hybridized carbons (Fsp3) is 0.316. The molecule has 0 atom stereocenters. The number of methoxy groups -OCH3 is 1. The Morgan fingerprint density at radius 1 is 1.19 bits per heavy atom. The van der Waals surface area contributed by atoms with E-state index in [0.29, 0.717) is 16.7 Å². The van der Waals surface area contributed by atoms with Gasteiger partial charge in [-0.25, -0.2) is 14.8 Å². The molecule has 1 N–H and O–H groups in total. The molecule has 142 valence electrons. The van der Waals surface area contributed by atoms with Crippen LogP contribution in [0.1, 0.15) is 20.8 Å². The SMILES string of the molecule is COc1ncc(NC(=O)OC(C)(C)C)cc1-c1cc2cc(Cl)ncc2n1C. The fourth-order valence-electron chi connectivity index (χ4n) is 2.75. The van der Waals surface area contributed by atoms with Crippen LogP contribution in [0.15, 0.2) is 30.6 Å². The summed E-state index contributed by atoms with van der Waals surface area (Å²) in [6, 6.07) is 5.56. The van der Waals surface area contributed by atoms with Crippen molar-refractivity contribution >= 4 is 34.3 Å². The summed E-state index contributed by atoms with van der Waals surface area (Å²) >= 11 is 6.00. The number of anilines is 1. The number of aromatic nitrogens is 3. The van der Waals surface area contributed by atoms with Crippen LogP contribution in [0.25, 0.3) is 22.2 Å². The summed E-state index contributed by atoms with van der Waals surface area (Å²) in [4.78, 5) is 20.5. The number of nitrogens with zero attached hydrogens (tertiary/aromatic N) is 3. The molecule has 3 aromatic heterocycles. The molecule has 3 aromatic rings. The van der Waals surface area contributed by atoms with E-state index in [1.807, 2.05) is 17.7 Å². The zero-order chi connectivity index (χ0) is 19.8. The van der Waals surface area contributed by atoms with Crippen molar-refractivity contribution in [1.82, 2.24) is 14.5 Å². The number of aryl methyl sites for hydroxylation is 1. The molecular weight excluding hydrogens is 368 g/mol. The minimum atomic E-state index is -0.588. The molecular formula is C19H21ClN4O3. The molecule has 7 nitrogen and oxygen atoms in total. The van der Waals surface area contributed by atoms with Crippen molar-refractivity contribution in [3.05, 3.63) is 35.7 Å². The second-order valence-electron chi connectivity index (χ2n) is 7.06. The van der Waals surface area contributed by atoms with Crippen molar-refractivity contribution in [2.24, 2.45) is 7.05 Å². The maximum absolute atomic E-state index is 12.1. The van der Waals surface area contributed by atoms with Crippen LogP contribution in [0.4, 0.5) is 10.5 Å². The lowest BCUT2D eigenvalue weighted by atomic mass is 10.1. The van der Waals surface area contributed by atoms with Gasteiger partial charge in [0.05, 0.1) is 42.0 Å². The standard InChI is InChI=1S/C19H21ClN4O3/c1-19(2,3)27-18(25)23-12-8-13(17(26-5)22-9-12)14-6-11-7-16(20)21-10-15(11)24(14)4/h6-10H,1-5H3,(H,23,25). The van der Waals surface area contributed by atoms with E-state index < -0.39 is 11.7 Å². The van der Waals surface area contributed by atoms with Crippen LogP contribution in [0, 0.1) is 0 Å². The van der Waals surface area contributed by atoms with Crippen molar-refractivity contribution in [2.75, 3.05) is 12.4 Å². The Bertz CT molecular complexity index is 1010. The van der Waals surface area contributed by atoms with Crippen LogP contribution in [0.3, 0.4) is 0 Å². The van der Waals surface area contributed by atoms with Crippen LogP contribution >= 0.6 is 11.6 Å². The lowest BCUT2D eigenvalue weighted by Gasteiger charge is -2.20. The van der Waals surface area contributed by atoms with E-state index in [9.17, 15) is 4.79 Å². The molecule has 0 aliphatic carbocycles. The molecule has 0 spiro atoms. The van der Waals surface area contributed by atoms with Crippen LogP contribution in [-0.2, 0) is 11.8 Å². The number of rotatable bonds is 3.